The average molecular weight is 257 g/mol. The fourth-order valence-corrected chi connectivity index (χ4v) is 1.40. The number of benzene rings is 1. The van der Waals surface area contributed by atoms with Crippen molar-refractivity contribution >= 4 is 29.2 Å². The van der Waals surface area contributed by atoms with E-state index in [-0.39, 0.29) is 5.56 Å². The Labute approximate surface area is 104 Å². The van der Waals surface area contributed by atoms with Crippen LogP contribution in [0.15, 0.2) is 18.2 Å². The maximum Gasteiger partial charge on any atom is 0.328 e. The first-order valence-corrected chi connectivity index (χ1v) is 5.22. The van der Waals surface area contributed by atoms with Crippen LogP contribution in [0.25, 0.3) is 0 Å². The number of aliphatic carboxylic acids is 1. The van der Waals surface area contributed by atoms with Gasteiger partial charge in [0.05, 0.1) is 0 Å². The molecule has 92 valence electrons. The number of carbonyl (C=O) groups is 2. The Morgan fingerprint density at radius 1 is 1.35 bits per heavy atom. The lowest BCUT2D eigenvalue weighted by atomic mass is 10.1. The normalized spacial score (nSPS) is 11.0. The summed E-state index contributed by atoms with van der Waals surface area (Å²) in [6.45, 7) is 2.78. The largest absolute Gasteiger partial charge is 0.480 e. The molecule has 1 aromatic carbocycles. The van der Waals surface area contributed by atoms with Crippen LogP contribution in [-0.4, -0.2) is 22.5 Å². The fraction of sp³-hybridized carbons (Fsp3) is 0.273. The van der Waals surface area contributed by atoms with E-state index < -0.39 is 17.4 Å². The topological polar surface area (TPSA) is 92.4 Å². The summed E-state index contributed by atoms with van der Waals surface area (Å²) >= 11 is 5.75. The summed E-state index contributed by atoms with van der Waals surface area (Å²) in [5.74, 6) is -1.66. The van der Waals surface area contributed by atoms with Gasteiger partial charge >= 0.3 is 5.97 Å². The highest BCUT2D eigenvalue weighted by molar-refractivity contribution is 6.31. The quantitative estimate of drug-likeness (QED) is 0.715. The van der Waals surface area contributed by atoms with Crippen molar-refractivity contribution in [3.8, 4) is 0 Å². The van der Waals surface area contributed by atoms with Crippen molar-refractivity contribution in [2.24, 2.45) is 0 Å². The van der Waals surface area contributed by atoms with Gasteiger partial charge in [-0.05, 0) is 32.0 Å². The molecule has 4 N–H and O–H groups in total. The van der Waals surface area contributed by atoms with Crippen LogP contribution in [0.3, 0.4) is 0 Å². The van der Waals surface area contributed by atoms with E-state index in [4.69, 9.17) is 22.4 Å². The smallest absolute Gasteiger partial charge is 0.328 e. The van der Waals surface area contributed by atoms with Crippen molar-refractivity contribution in [3.05, 3.63) is 28.8 Å². The highest BCUT2D eigenvalue weighted by Gasteiger charge is 2.29. The van der Waals surface area contributed by atoms with Gasteiger partial charge in [-0.2, -0.15) is 0 Å². The third-order valence-corrected chi connectivity index (χ3v) is 2.36. The molecule has 0 saturated carbocycles. The second-order valence-electron chi connectivity index (χ2n) is 4.16. The summed E-state index contributed by atoms with van der Waals surface area (Å²) in [6, 6.07) is 4.35. The molecule has 6 heteroatoms. The van der Waals surface area contributed by atoms with Crippen LogP contribution >= 0.6 is 11.6 Å². The van der Waals surface area contributed by atoms with E-state index in [1.54, 1.807) is 0 Å². The molecule has 0 heterocycles. The van der Waals surface area contributed by atoms with Crippen LogP contribution in [0.1, 0.15) is 24.2 Å². The Bertz CT molecular complexity index is 452. The van der Waals surface area contributed by atoms with E-state index in [1.165, 1.54) is 32.0 Å². The van der Waals surface area contributed by atoms with E-state index in [0.717, 1.165) is 0 Å². The van der Waals surface area contributed by atoms with E-state index >= 15 is 0 Å². The monoisotopic (exact) mass is 256 g/mol. The zero-order valence-electron chi connectivity index (χ0n) is 9.45. The van der Waals surface area contributed by atoms with Crippen LogP contribution in [0, 0.1) is 0 Å². The van der Waals surface area contributed by atoms with Gasteiger partial charge < -0.3 is 16.2 Å². The maximum absolute atomic E-state index is 11.8. The minimum atomic E-state index is -1.35. The summed E-state index contributed by atoms with van der Waals surface area (Å²) < 4.78 is 0. The first-order valence-electron chi connectivity index (χ1n) is 4.84. The van der Waals surface area contributed by atoms with Gasteiger partial charge in [0, 0.05) is 16.3 Å². The lowest BCUT2D eigenvalue weighted by Gasteiger charge is -2.21. The average Bonchev–Trinajstić information content (AvgIpc) is 2.15. The minimum Gasteiger partial charge on any atom is -0.480 e. The second-order valence-corrected chi connectivity index (χ2v) is 4.59. The van der Waals surface area contributed by atoms with E-state index in [1.807, 2.05) is 0 Å². The molecule has 0 spiro atoms. The van der Waals surface area contributed by atoms with Crippen molar-refractivity contribution in [2.45, 2.75) is 19.4 Å². The van der Waals surface area contributed by atoms with Crippen molar-refractivity contribution < 1.29 is 14.7 Å². The Balaban J connectivity index is 2.94. The van der Waals surface area contributed by atoms with Gasteiger partial charge in [-0.15, -0.1) is 0 Å². The number of hydrogen-bond donors (Lipinski definition) is 3. The van der Waals surface area contributed by atoms with Crippen molar-refractivity contribution in [2.75, 3.05) is 5.73 Å². The molecule has 1 amide bonds. The summed E-state index contributed by atoms with van der Waals surface area (Å²) in [6.07, 6.45) is 0. The first kappa shape index (κ1) is 13.3. The van der Waals surface area contributed by atoms with Gasteiger partial charge in [0.25, 0.3) is 5.91 Å². The Morgan fingerprint density at radius 3 is 2.41 bits per heavy atom. The highest BCUT2D eigenvalue weighted by atomic mass is 35.5. The number of carbonyl (C=O) groups excluding carboxylic acids is 1. The predicted octanol–water partition coefficient (Wildman–Crippen LogP) is 1.52. The minimum absolute atomic E-state index is 0.226. The summed E-state index contributed by atoms with van der Waals surface area (Å²) in [4.78, 5) is 22.6. The Kier molecular flexibility index (Phi) is 3.63. The summed E-state index contributed by atoms with van der Waals surface area (Å²) in [7, 11) is 0. The molecule has 1 rings (SSSR count). The molecule has 5 nitrogen and oxygen atoms in total. The third kappa shape index (κ3) is 3.35. The summed E-state index contributed by atoms with van der Waals surface area (Å²) in [5.41, 5.74) is 4.76. The molecule has 0 aliphatic rings. The molecule has 0 saturated heterocycles. The first-order chi connectivity index (χ1) is 7.72. The van der Waals surface area contributed by atoms with Crippen LogP contribution in [0.4, 0.5) is 5.69 Å². The molecule has 0 aliphatic heterocycles. The van der Waals surface area contributed by atoms with Gasteiger partial charge in [-0.1, -0.05) is 11.6 Å². The number of halogens is 1. The number of nitrogen functional groups attached to an aromatic ring is 1. The molecule has 0 atom stereocenters. The zero-order valence-corrected chi connectivity index (χ0v) is 10.2. The van der Waals surface area contributed by atoms with Crippen molar-refractivity contribution in [1.29, 1.82) is 0 Å². The second kappa shape index (κ2) is 4.63. The Hall–Kier alpha value is -1.75. The van der Waals surface area contributed by atoms with E-state index in [2.05, 4.69) is 5.32 Å². The molecule has 0 radical (unpaired) electrons. The molecule has 0 fully saturated rings. The summed E-state index contributed by atoms with van der Waals surface area (Å²) in [5, 5.41) is 11.6. The number of amides is 1. The molecular formula is C11H13ClN2O3. The maximum atomic E-state index is 11.8. The van der Waals surface area contributed by atoms with Crippen LogP contribution < -0.4 is 11.1 Å². The zero-order chi connectivity index (χ0) is 13.2. The van der Waals surface area contributed by atoms with Crippen LogP contribution in [0.2, 0.25) is 5.02 Å². The molecule has 0 unspecified atom stereocenters. The number of rotatable bonds is 3. The highest BCUT2D eigenvalue weighted by Crippen LogP contribution is 2.17. The number of hydrogen-bond acceptors (Lipinski definition) is 3. The van der Waals surface area contributed by atoms with Crippen molar-refractivity contribution in [1.82, 2.24) is 5.32 Å². The molecule has 0 bridgehead atoms. The Morgan fingerprint density at radius 2 is 1.94 bits per heavy atom. The van der Waals surface area contributed by atoms with Gasteiger partial charge in [-0.25, -0.2) is 4.79 Å². The number of nitrogens with two attached hydrogens (primary N) is 1. The van der Waals surface area contributed by atoms with Gasteiger partial charge in [0.2, 0.25) is 0 Å². The molecule has 0 aliphatic carbocycles. The van der Waals surface area contributed by atoms with Crippen LogP contribution in [0.5, 0.6) is 0 Å². The number of nitrogens with one attached hydrogen (secondary N) is 1. The SMILES string of the molecule is CC(C)(NC(=O)c1cc(N)cc(Cl)c1)C(=O)O. The molecule has 1 aromatic rings. The third-order valence-electron chi connectivity index (χ3n) is 2.14. The van der Waals surface area contributed by atoms with Gasteiger partial charge in [-0.3, -0.25) is 4.79 Å². The molecule has 17 heavy (non-hydrogen) atoms. The van der Waals surface area contributed by atoms with E-state index in [0.29, 0.717) is 10.7 Å². The van der Waals surface area contributed by atoms with Crippen LogP contribution in [-0.2, 0) is 4.79 Å². The van der Waals surface area contributed by atoms with Gasteiger partial charge in [0.1, 0.15) is 5.54 Å². The van der Waals surface area contributed by atoms with E-state index in [9.17, 15) is 9.59 Å². The molecular weight excluding hydrogens is 244 g/mol. The number of carboxylic acid groups (broad SMARTS) is 1. The van der Waals surface area contributed by atoms with Crippen molar-refractivity contribution in [3.63, 3.8) is 0 Å². The standard InChI is InChI=1S/C11H13ClN2O3/c1-11(2,10(16)17)14-9(15)6-3-7(12)5-8(13)4-6/h3-5H,13H2,1-2H3,(H,14,15)(H,16,17). The lowest BCUT2D eigenvalue weighted by Crippen LogP contribution is -2.49. The number of anilines is 1. The number of carboxylic acids is 1. The lowest BCUT2D eigenvalue weighted by molar-refractivity contribution is -0.143. The fourth-order valence-electron chi connectivity index (χ4n) is 1.15. The predicted molar refractivity (Wildman–Crippen MR) is 65.0 cm³/mol. The van der Waals surface area contributed by atoms with Gasteiger partial charge in [0.15, 0.2) is 0 Å². The molecule has 0 aromatic heterocycles.